The van der Waals surface area contributed by atoms with Crippen molar-refractivity contribution in [2.45, 2.75) is 0 Å². The summed E-state index contributed by atoms with van der Waals surface area (Å²) < 4.78 is 6.52. The largest absolute Gasteiger partial charge is 0.454 e. The van der Waals surface area contributed by atoms with Gasteiger partial charge in [0, 0.05) is 38.8 Å². The Morgan fingerprint density at radius 1 is 0.610 bits per heavy atom. The normalized spacial score (nSPS) is 11.9. The first-order valence-electron chi connectivity index (χ1n) is 13.7. The fraction of sp³-hybridized carbons (Fsp3) is 0. The Morgan fingerprint density at radius 3 is 2.24 bits per heavy atom. The zero-order valence-corrected chi connectivity index (χ0v) is 22.7. The van der Waals surface area contributed by atoms with Gasteiger partial charge in [0.05, 0.1) is 16.3 Å². The SMILES string of the molecule is c1ccc(-c2nc3c(s2)-c2cc(N(c4ccccc4)c4cccc5c4oc4ccccc45)cc4cccc-3c24)cc1. The minimum absolute atomic E-state index is 0.882. The molecule has 0 spiro atoms. The lowest BCUT2D eigenvalue weighted by molar-refractivity contribution is 0.669. The van der Waals surface area contributed by atoms with Crippen molar-refractivity contribution < 1.29 is 4.42 Å². The van der Waals surface area contributed by atoms with Crippen LogP contribution in [0.15, 0.2) is 138 Å². The predicted octanol–water partition coefficient (Wildman–Crippen LogP) is 11.0. The molecule has 1 aliphatic rings. The molecule has 41 heavy (non-hydrogen) atoms. The number of benzene rings is 6. The van der Waals surface area contributed by atoms with Crippen molar-refractivity contribution >= 4 is 61.1 Å². The molecule has 0 amide bonds. The summed E-state index contributed by atoms with van der Waals surface area (Å²) in [4.78, 5) is 8.70. The zero-order chi connectivity index (χ0) is 26.9. The van der Waals surface area contributed by atoms with Crippen LogP contribution in [-0.2, 0) is 0 Å². The van der Waals surface area contributed by atoms with Crippen molar-refractivity contribution in [1.29, 1.82) is 0 Å². The molecule has 0 radical (unpaired) electrons. The van der Waals surface area contributed by atoms with Crippen molar-refractivity contribution in [2.24, 2.45) is 0 Å². The topological polar surface area (TPSA) is 29.3 Å². The van der Waals surface area contributed by atoms with Crippen molar-refractivity contribution in [2.75, 3.05) is 4.90 Å². The van der Waals surface area contributed by atoms with Gasteiger partial charge in [0.15, 0.2) is 5.58 Å². The van der Waals surface area contributed by atoms with Gasteiger partial charge < -0.3 is 9.32 Å². The number of anilines is 3. The van der Waals surface area contributed by atoms with Crippen LogP contribution in [0.5, 0.6) is 0 Å². The Balaban J connectivity index is 1.31. The average Bonchev–Trinajstić information content (AvgIpc) is 3.72. The van der Waals surface area contributed by atoms with Gasteiger partial charge in [-0.3, -0.25) is 0 Å². The number of aromatic nitrogens is 1. The summed E-state index contributed by atoms with van der Waals surface area (Å²) in [6.45, 7) is 0. The smallest absolute Gasteiger partial charge is 0.159 e. The predicted molar refractivity (Wildman–Crippen MR) is 171 cm³/mol. The van der Waals surface area contributed by atoms with Crippen LogP contribution in [-0.4, -0.2) is 4.98 Å². The molecule has 3 nitrogen and oxygen atoms in total. The fourth-order valence-electron chi connectivity index (χ4n) is 6.22. The lowest BCUT2D eigenvalue weighted by atomic mass is 10.0. The van der Waals surface area contributed by atoms with Crippen LogP contribution in [0.4, 0.5) is 17.1 Å². The fourth-order valence-corrected chi connectivity index (χ4v) is 7.33. The van der Waals surface area contributed by atoms with E-state index in [1.165, 1.54) is 26.8 Å². The van der Waals surface area contributed by atoms with Gasteiger partial charge in [-0.1, -0.05) is 97.1 Å². The minimum Gasteiger partial charge on any atom is -0.454 e. The lowest BCUT2D eigenvalue weighted by Crippen LogP contribution is -2.10. The lowest BCUT2D eigenvalue weighted by Gasteiger charge is -2.26. The number of thiazole rings is 1. The van der Waals surface area contributed by atoms with Crippen LogP contribution in [0.3, 0.4) is 0 Å². The summed E-state index contributed by atoms with van der Waals surface area (Å²) in [7, 11) is 0. The molecular weight excluding hydrogens is 520 g/mol. The van der Waals surface area contributed by atoms with Gasteiger partial charge in [-0.25, -0.2) is 4.98 Å². The molecule has 192 valence electrons. The van der Waals surface area contributed by atoms with Gasteiger partial charge in [0.1, 0.15) is 10.6 Å². The summed E-state index contributed by atoms with van der Waals surface area (Å²) in [6.07, 6.45) is 0. The molecule has 0 fully saturated rings. The standard InChI is InChI=1S/C37H22N2OS/c1-3-11-23(12-4-1)37-38-34-29-18-9-13-24-21-26(22-30(33(24)29)36(34)41-37)39(25-14-5-2-6-15-25)31-19-10-17-28-27-16-7-8-20-32(27)40-35(28)31/h1-22H. The third-order valence-corrected chi connectivity index (χ3v) is 9.14. The van der Waals surface area contributed by atoms with Gasteiger partial charge in [-0.2, -0.15) is 0 Å². The Kier molecular flexibility index (Phi) is 4.77. The molecule has 2 aromatic heterocycles. The molecule has 0 atom stereocenters. The zero-order valence-electron chi connectivity index (χ0n) is 21.9. The Morgan fingerprint density at radius 2 is 1.37 bits per heavy atom. The van der Waals surface area contributed by atoms with Gasteiger partial charge in [-0.15, -0.1) is 11.3 Å². The van der Waals surface area contributed by atoms with E-state index in [4.69, 9.17) is 9.40 Å². The molecule has 0 unspecified atom stereocenters. The minimum atomic E-state index is 0.882. The molecule has 2 heterocycles. The third kappa shape index (κ3) is 3.35. The van der Waals surface area contributed by atoms with Crippen LogP contribution >= 0.6 is 11.3 Å². The van der Waals surface area contributed by atoms with E-state index in [0.29, 0.717) is 0 Å². The summed E-state index contributed by atoms with van der Waals surface area (Å²) in [6, 6.07) is 46.9. The molecule has 0 bridgehead atoms. The van der Waals surface area contributed by atoms with Crippen LogP contribution in [0, 0.1) is 0 Å². The molecule has 1 aliphatic carbocycles. The van der Waals surface area contributed by atoms with Crippen molar-refractivity contribution in [3.63, 3.8) is 0 Å². The molecule has 4 heteroatoms. The summed E-state index contributed by atoms with van der Waals surface area (Å²) in [5.74, 6) is 0. The highest BCUT2D eigenvalue weighted by Gasteiger charge is 2.28. The van der Waals surface area contributed by atoms with Crippen LogP contribution < -0.4 is 4.90 Å². The quantitative estimate of drug-likeness (QED) is 0.221. The molecule has 0 aliphatic heterocycles. The molecule has 0 saturated carbocycles. The third-order valence-electron chi connectivity index (χ3n) is 8.01. The van der Waals surface area contributed by atoms with Crippen molar-refractivity contribution in [1.82, 2.24) is 4.98 Å². The van der Waals surface area contributed by atoms with Gasteiger partial charge in [0.25, 0.3) is 0 Å². The second kappa shape index (κ2) is 8.65. The Labute approximate surface area is 240 Å². The molecule has 0 N–H and O–H groups in total. The van der Waals surface area contributed by atoms with Gasteiger partial charge in [0.2, 0.25) is 0 Å². The first-order valence-corrected chi connectivity index (χ1v) is 14.5. The number of hydrogen-bond acceptors (Lipinski definition) is 4. The highest BCUT2D eigenvalue weighted by molar-refractivity contribution is 7.19. The van der Waals surface area contributed by atoms with E-state index in [9.17, 15) is 0 Å². The summed E-state index contributed by atoms with van der Waals surface area (Å²) in [5.41, 5.74) is 9.64. The summed E-state index contributed by atoms with van der Waals surface area (Å²) in [5, 5.41) is 5.78. The van der Waals surface area contributed by atoms with E-state index in [1.807, 2.05) is 18.2 Å². The highest BCUT2D eigenvalue weighted by atomic mass is 32.1. The average molecular weight is 543 g/mol. The first kappa shape index (κ1) is 22.6. The van der Waals surface area contributed by atoms with E-state index >= 15 is 0 Å². The second-order valence-corrected chi connectivity index (χ2v) is 11.4. The summed E-state index contributed by atoms with van der Waals surface area (Å²) >= 11 is 1.77. The molecule has 9 rings (SSSR count). The van der Waals surface area contributed by atoms with E-state index in [2.05, 4.69) is 120 Å². The molecule has 8 aromatic rings. The van der Waals surface area contributed by atoms with Crippen LogP contribution in [0.2, 0.25) is 0 Å². The van der Waals surface area contributed by atoms with E-state index in [0.717, 1.165) is 55.3 Å². The van der Waals surface area contributed by atoms with E-state index in [-0.39, 0.29) is 0 Å². The number of hydrogen-bond donors (Lipinski definition) is 0. The van der Waals surface area contributed by atoms with Crippen molar-refractivity contribution in [3.8, 4) is 32.3 Å². The number of nitrogens with zero attached hydrogens (tertiary/aromatic N) is 2. The molecular formula is C37H22N2OS. The number of fused-ring (bicyclic) bond motifs is 6. The maximum Gasteiger partial charge on any atom is 0.159 e. The molecule has 0 saturated heterocycles. The number of para-hydroxylation sites is 3. The van der Waals surface area contributed by atoms with E-state index < -0.39 is 0 Å². The van der Waals surface area contributed by atoms with Crippen LogP contribution in [0.25, 0.3) is 65.0 Å². The highest BCUT2D eigenvalue weighted by Crippen LogP contribution is 2.53. The van der Waals surface area contributed by atoms with Gasteiger partial charge >= 0.3 is 0 Å². The first-order chi connectivity index (χ1) is 20.3. The Bertz CT molecular complexity index is 2260. The maximum atomic E-state index is 6.52. The van der Waals surface area contributed by atoms with Crippen molar-refractivity contribution in [3.05, 3.63) is 133 Å². The number of furan rings is 1. The maximum absolute atomic E-state index is 6.52. The monoisotopic (exact) mass is 542 g/mol. The van der Waals surface area contributed by atoms with Crippen LogP contribution in [0.1, 0.15) is 0 Å². The molecule has 6 aromatic carbocycles. The van der Waals surface area contributed by atoms with E-state index in [1.54, 1.807) is 11.3 Å². The number of rotatable bonds is 4. The second-order valence-electron chi connectivity index (χ2n) is 10.4. The van der Waals surface area contributed by atoms with Gasteiger partial charge in [-0.05, 0) is 47.2 Å². The Hall–Kier alpha value is -5.19.